The molecule has 0 saturated carbocycles. The van der Waals surface area contributed by atoms with E-state index in [0.717, 1.165) is 5.56 Å². The van der Waals surface area contributed by atoms with Gasteiger partial charge >= 0.3 is 0 Å². The molecule has 0 fully saturated rings. The smallest absolute Gasteiger partial charge is 0.284 e. The predicted molar refractivity (Wildman–Crippen MR) is 124 cm³/mol. The van der Waals surface area contributed by atoms with Gasteiger partial charge in [-0.3, -0.25) is 0 Å². The van der Waals surface area contributed by atoms with Crippen LogP contribution in [0.5, 0.6) is 0 Å². The second kappa shape index (κ2) is 9.22. The molecule has 1 unspecified atom stereocenters. The third-order valence-electron chi connectivity index (χ3n) is 4.04. The lowest BCUT2D eigenvalue weighted by molar-refractivity contribution is 0.457. The highest BCUT2D eigenvalue weighted by atomic mass is 28.4. The fourth-order valence-electron chi connectivity index (χ4n) is 2.84. The van der Waals surface area contributed by atoms with E-state index in [1.165, 1.54) is 10.9 Å². The van der Waals surface area contributed by atoms with Crippen molar-refractivity contribution in [2.24, 2.45) is 0 Å². The van der Waals surface area contributed by atoms with Crippen LogP contribution in [0, 0.1) is 0 Å². The van der Waals surface area contributed by atoms with Crippen LogP contribution < -0.4 is 5.19 Å². The van der Waals surface area contributed by atoms with Crippen molar-refractivity contribution in [3.63, 3.8) is 0 Å². The Balaban J connectivity index is 2.54. The van der Waals surface area contributed by atoms with Crippen LogP contribution in [0.1, 0.15) is 5.56 Å². The first-order valence-electron chi connectivity index (χ1n) is 9.03. The summed E-state index contributed by atoms with van der Waals surface area (Å²) in [6.45, 7) is 22.1. The van der Waals surface area contributed by atoms with Crippen LogP contribution in [-0.2, 0) is 12.3 Å². The summed E-state index contributed by atoms with van der Waals surface area (Å²) in [5.41, 5.74) is 2.32. The standard InChI is InChI=1S/C17H36O3Si5/c1-10-16-11-13-17(14-12-16)25(8,9)19-21-18-24(6,7)15-22(2)20-23(3,4)5/h10-14,22H,1,15,21H2,2-9H3. The van der Waals surface area contributed by atoms with Gasteiger partial charge < -0.3 is 12.3 Å². The second-order valence-electron chi connectivity index (χ2n) is 8.75. The van der Waals surface area contributed by atoms with E-state index in [2.05, 4.69) is 83.2 Å². The van der Waals surface area contributed by atoms with E-state index in [4.69, 9.17) is 12.3 Å². The molecule has 0 radical (unpaired) electrons. The monoisotopic (exact) mass is 428 g/mol. The van der Waals surface area contributed by atoms with Crippen molar-refractivity contribution in [2.45, 2.75) is 58.0 Å². The molecular formula is C17H36O3Si5. The third kappa shape index (κ3) is 8.91. The molecule has 0 bridgehead atoms. The predicted octanol–water partition coefficient (Wildman–Crippen LogP) is 3.72. The molecule has 3 nitrogen and oxygen atoms in total. The Bertz CT molecular complexity index is 552. The molecule has 0 spiro atoms. The van der Waals surface area contributed by atoms with Crippen LogP contribution in [0.3, 0.4) is 0 Å². The van der Waals surface area contributed by atoms with Crippen molar-refractivity contribution in [2.75, 3.05) is 0 Å². The summed E-state index contributed by atoms with van der Waals surface area (Å²) < 4.78 is 19.0. The number of hydrogen-bond acceptors (Lipinski definition) is 3. The summed E-state index contributed by atoms with van der Waals surface area (Å²) in [4.78, 5) is 0. The molecule has 0 amide bonds. The van der Waals surface area contributed by atoms with Crippen LogP contribution in [0.15, 0.2) is 30.8 Å². The van der Waals surface area contributed by atoms with Crippen LogP contribution >= 0.6 is 0 Å². The summed E-state index contributed by atoms with van der Waals surface area (Å²) >= 11 is 0. The van der Waals surface area contributed by atoms with E-state index in [0.29, 0.717) is 0 Å². The van der Waals surface area contributed by atoms with Gasteiger partial charge in [-0.1, -0.05) is 36.9 Å². The Kier molecular flexibility index (Phi) is 8.47. The van der Waals surface area contributed by atoms with E-state index in [1.54, 1.807) is 0 Å². The van der Waals surface area contributed by atoms with E-state index < -0.39 is 44.0 Å². The molecule has 8 heteroatoms. The quantitative estimate of drug-likeness (QED) is 0.531. The Hall–Kier alpha value is -0.0756. The first-order chi connectivity index (χ1) is 11.3. The Morgan fingerprint density at radius 1 is 1.00 bits per heavy atom. The molecule has 0 aliphatic heterocycles. The number of benzene rings is 1. The molecular weight excluding hydrogens is 393 g/mol. The zero-order valence-electron chi connectivity index (χ0n) is 17.3. The number of hydrogen-bond donors (Lipinski definition) is 0. The highest BCUT2D eigenvalue weighted by molar-refractivity contribution is 6.89. The average molecular weight is 429 g/mol. The van der Waals surface area contributed by atoms with Gasteiger partial charge in [0.15, 0.2) is 25.7 Å². The van der Waals surface area contributed by atoms with Crippen LogP contribution in [0.4, 0.5) is 0 Å². The van der Waals surface area contributed by atoms with Gasteiger partial charge in [-0.2, -0.15) is 0 Å². The van der Waals surface area contributed by atoms with Crippen molar-refractivity contribution in [1.82, 2.24) is 0 Å². The first kappa shape index (κ1) is 23.0. The van der Waals surface area contributed by atoms with E-state index in [9.17, 15) is 0 Å². The lowest BCUT2D eigenvalue weighted by atomic mass is 10.2. The highest BCUT2D eigenvalue weighted by Gasteiger charge is 2.31. The van der Waals surface area contributed by atoms with Gasteiger partial charge in [0.2, 0.25) is 8.32 Å². The molecule has 1 atom stereocenters. The van der Waals surface area contributed by atoms with Crippen molar-refractivity contribution in [1.29, 1.82) is 0 Å². The summed E-state index contributed by atoms with van der Waals surface area (Å²) in [5, 5.41) is 1.32. The van der Waals surface area contributed by atoms with E-state index >= 15 is 0 Å². The van der Waals surface area contributed by atoms with Crippen LogP contribution in [0.25, 0.3) is 6.08 Å². The normalized spacial score (nSPS) is 14.9. The maximum absolute atomic E-state index is 6.36. The lowest BCUT2D eigenvalue weighted by Crippen LogP contribution is -2.48. The molecule has 142 valence electrons. The molecule has 1 aromatic rings. The van der Waals surface area contributed by atoms with Gasteiger partial charge in [0.1, 0.15) is 0 Å². The molecule has 0 N–H and O–H groups in total. The molecule has 1 rings (SSSR count). The molecule has 25 heavy (non-hydrogen) atoms. The Morgan fingerprint density at radius 3 is 2.04 bits per heavy atom. The van der Waals surface area contributed by atoms with Crippen LogP contribution in [-0.4, -0.2) is 44.0 Å². The maximum atomic E-state index is 6.36. The Morgan fingerprint density at radius 2 is 1.56 bits per heavy atom. The zero-order chi connectivity index (χ0) is 19.3. The fourth-order valence-corrected chi connectivity index (χ4v) is 20.7. The minimum atomic E-state index is -1.88. The zero-order valence-corrected chi connectivity index (χ0v) is 22.9. The van der Waals surface area contributed by atoms with Gasteiger partial charge in [-0.05, 0) is 68.8 Å². The third-order valence-corrected chi connectivity index (χ3v) is 23.4. The topological polar surface area (TPSA) is 27.7 Å². The van der Waals surface area contributed by atoms with Gasteiger partial charge in [0, 0.05) is 0 Å². The summed E-state index contributed by atoms with van der Waals surface area (Å²) in [6, 6.07) is 8.58. The summed E-state index contributed by atoms with van der Waals surface area (Å²) in [5.74, 6) is 0. The van der Waals surface area contributed by atoms with Gasteiger partial charge in [-0.15, -0.1) is 0 Å². The average Bonchev–Trinajstić information content (AvgIpc) is 2.44. The maximum Gasteiger partial charge on any atom is 0.284 e. The van der Waals surface area contributed by atoms with Crippen molar-refractivity contribution in [3.05, 3.63) is 36.4 Å². The molecule has 0 heterocycles. The molecule has 0 saturated heterocycles. The van der Waals surface area contributed by atoms with Crippen molar-refractivity contribution >= 4 is 55.3 Å². The van der Waals surface area contributed by atoms with Crippen LogP contribution in [0.2, 0.25) is 58.0 Å². The Labute approximate surface area is 162 Å². The molecule has 0 aliphatic carbocycles. The summed E-state index contributed by atoms with van der Waals surface area (Å²) in [6.07, 6.45) is 1.87. The molecule has 1 aromatic carbocycles. The molecule has 0 aliphatic rings. The highest BCUT2D eigenvalue weighted by Crippen LogP contribution is 2.17. The van der Waals surface area contributed by atoms with Crippen molar-refractivity contribution < 1.29 is 12.3 Å². The van der Waals surface area contributed by atoms with Gasteiger partial charge in [-0.25, -0.2) is 0 Å². The minimum Gasteiger partial charge on any atom is -0.458 e. The fraction of sp³-hybridized carbons (Fsp3) is 0.529. The van der Waals surface area contributed by atoms with E-state index in [1.807, 2.05) is 6.08 Å². The largest absolute Gasteiger partial charge is 0.458 e. The second-order valence-corrected chi connectivity index (χ2v) is 26.8. The van der Waals surface area contributed by atoms with Gasteiger partial charge in [0.05, 0.1) is 0 Å². The van der Waals surface area contributed by atoms with Crippen molar-refractivity contribution in [3.8, 4) is 0 Å². The number of rotatable bonds is 10. The van der Waals surface area contributed by atoms with E-state index in [-0.39, 0.29) is 0 Å². The SMILES string of the molecule is C=Cc1ccc([Si](C)(C)O[SiH2]O[Si](C)(C)C[SiH](C)O[Si](C)(C)C)cc1. The van der Waals surface area contributed by atoms with Gasteiger partial charge in [0.25, 0.3) is 10.0 Å². The lowest BCUT2D eigenvalue weighted by Gasteiger charge is -2.31. The minimum absolute atomic E-state index is 0.959. The molecule has 0 aromatic heterocycles. The first-order valence-corrected chi connectivity index (χ1v) is 22.1. The summed E-state index contributed by atoms with van der Waals surface area (Å²) in [7, 11) is -7.08.